The quantitative estimate of drug-likeness (QED) is 0.711. The van der Waals surface area contributed by atoms with Crippen molar-refractivity contribution in [2.75, 3.05) is 11.1 Å². The number of benzene rings is 1. The normalized spacial score (nSPS) is 15.1. The summed E-state index contributed by atoms with van der Waals surface area (Å²) in [5, 5.41) is 8.35. The lowest BCUT2D eigenvalue weighted by Gasteiger charge is -2.21. The van der Waals surface area contributed by atoms with E-state index >= 15 is 0 Å². The minimum atomic E-state index is -3.73. The van der Waals surface area contributed by atoms with Gasteiger partial charge in [0.05, 0.1) is 4.90 Å². The second-order valence-corrected chi connectivity index (χ2v) is 6.22. The van der Waals surface area contributed by atoms with Crippen molar-refractivity contribution in [3.63, 3.8) is 0 Å². The van der Waals surface area contributed by atoms with E-state index in [0.717, 1.165) is 6.42 Å². The lowest BCUT2D eigenvalue weighted by Crippen LogP contribution is -2.23. The van der Waals surface area contributed by atoms with Crippen molar-refractivity contribution in [2.24, 2.45) is 11.1 Å². The summed E-state index contributed by atoms with van der Waals surface area (Å²) in [4.78, 5) is 0.0290. The van der Waals surface area contributed by atoms with E-state index in [4.69, 9.17) is 10.9 Å². The zero-order valence-corrected chi connectivity index (χ0v) is 11.8. The highest BCUT2D eigenvalue weighted by molar-refractivity contribution is 7.89. The summed E-state index contributed by atoms with van der Waals surface area (Å²) in [5.74, 6) is 0.476. The van der Waals surface area contributed by atoms with Crippen LogP contribution in [0.5, 0.6) is 0 Å². The molecule has 0 aromatic heterocycles. The zero-order chi connectivity index (χ0) is 13.9. The van der Waals surface area contributed by atoms with Crippen molar-refractivity contribution >= 4 is 21.4 Å². The van der Waals surface area contributed by atoms with Crippen molar-refractivity contribution in [1.29, 1.82) is 0 Å². The number of nitrogens with two attached hydrogens (primary N) is 2. The van der Waals surface area contributed by atoms with Gasteiger partial charge in [0.15, 0.2) is 0 Å². The molecule has 5 nitrogen and oxygen atoms in total. The third-order valence-corrected chi connectivity index (χ3v) is 4.04. The van der Waals surface area contributed by atoms with Crippen LogP contribution in [0.4, 0.5) is 11.4 Å². The average molecular weight is 271 g/mol. The molecule has 0 aliphatic rings. The number of nitrogens with one attached hydrogen (secondary N) is 1. The van der Waals surface area contributed by atoms with Gasteiger partial charge in [-0.3, -0.25) is 0 Å². The van der Waals surface area contributed by atoms with Crippen LogP contribution in [0.2, 0.25) is 0 Å². The molecule has 0 aliphatic carbocycles. The summed E-state index contributed by atoms with van der Waals surface area (Å²) in [6.45, 7) is 6.29. The van der Waals surface area contributed by atoms with E-state index in [1.807, 2.05) is 6.92 Å². The van der Waals surface area contributed by atoms with Crippen molar-refractivity contribution in [2.45, 2.75) is 38.1 Å². The van der Waals surface area contributed by atoms with Gasteiger partial charge in [-0.2, -0.15) is 0 Å². The molecule has 1 aromatic rings. The molecule has 1 aromatic carbocycles. The SMILES string of the molecule is CCC(C)C(C)Nc1cc(N)cc(S(N)(=O)=O)c1. The third-order valence-electron chi connectivity index (χ3n) is 3.15. The van der Waals surface area contributed by atoms with Crippen molar-refractivity contribution in [1.82, 2.24) is 0 Å². The molecule has 0 spiro atoms. The Kier molecular flexibility index (Phi) is 4.59. The predicted molar refractivity (Wildman–Crippen MR) is 74.8 cm³/mol. The third kappa shape index (κ3) is 3.89. The molecule has 0 heterocycles. The standard InChI is InChI=1S/C12H21N3O2S/c1-4-8(2)9(3)15-11-5-10(13)6-12(7-11)18(14,16)17/h5-9,15H,4,13H2,1-3H3,(H2,14,16,17). The lowest BCUT2D eigenvalue weighted by atomic mass is 10.0. The molecule has 2 atom stereocenters. The molecule has 0 aliphatic heterocycles. The van der Waals surface area contributed by atoms with Crippen molar-refractivity contribution < 1.29 is 8.42 Å². The summed E-state index contributed by atoms with van der Waals surface area (Å²) in [6.07, 6.45) is 1.04. The van der Waals surface area contributed by atoms with E-state index in [-0.39, 0.29) is 10.9 Å². The highest BCUT2D eigenvalue weighted by atomic mass is 32.2. The van der Waals surface area contributed by atoms with Crippen LogP contribution < -0.4 is 16.2 Å². The first kappa shape index (κ1) is 14.8. The van der Waals surface area contributed by atoms with Gasteiger partial charge in [-0.15, -0.1) is 0 Å². The smallest absolute Gasteiger partial charge is 0.238 e. The van der Waals surface area contributed by atoms with Gasteiger partial charge in [-0.05, 0) is 31.0 Å². The fourth-order valence-electron chi connectivity index (χ4n) is 1.63. The van der Waals surface area contributed by atoms with Crippen LogP contribution in [-0.2, 0) is 10.0 Å². The first-order chi connectivity index (χ1) is 8.24. The molecule has 0 fully saturated rings. The van der Waals surface area contributed by atoms with Gasteiger partial charge >= 0.3 is 0 Å². The van der Waals surface area contributed by atoms with Crippen LogP contribution in [0.1, 0.15) is 27.2 Å². The number of rotatable bonds is 5. The van der Waals surface area contributed by atoms with E-state index in [1.54, 1.807) is 6.07 Å². The zero-order valence-electron chi connectivity index (χ0n) is 11.0. The highest BCUT2D eigenvalue weighted by Gasteiger charge is 2.13. The fourth-order valence-corrected chi connectivity index (χ4v) is 2.22. The maximum Gasteiger partial charge on any atom is 0.238 e. The molecule has 0 bridgehead atoms. The topological polar surface area (TPSA) is 98.2 Å². The highest BCUT2D eigenvalue weighted by Crippen LogP contribution is 2.22. The molecule has 0 amide bonds. The molecule has 0 saturated carbocycles. The Bertz CT molecular complexity index is 514. The number of hydrogen-bond acceptors (Lipinski definition) is 4. The Morgan fingerprint density at radius 2 is 1.89 bits per heavy atom. The fraction of sp³-hybridized carbons (Fsp3) is 0.500. The molecule has 2 unspecified atom stereocenters. The molecule has 0 radical (unpaired) electrons. The van der Waals surface area contributed by atoms with Gasteiger partial charge < -0.3 is 11.1 Å². The summed E-state index contributed by atoms with van der Waals surface area (Å²) in [7, 11) is -3.73. The summed E-state index contributed by atoms with van der Waals surface area (Å²) >= 11 is 0. The minimum Gasteiger partial charge on any atom is -0.399 e. The molecule has 6 heteroatoms. The van der Waals surface area contributed by atoms with Crippen molar-refractivity contribution in [3.05, 3.63) is 18.2 Å². The van der Waals surface area contributed by atoms with E-state index in [2.05, 4.69) is 19.2 Å². The van der Waals surface area contributed by atoms with E-state index in [9.17, 15) is 8.42 Å². The number of primary sulfonamides is 1. The van der Waals surface area contributed by atoms with Crippen LogP contribution in [-0.4, -0.2) is 14.5 Å². The Balaban J connectivity index is 3.01. The van der Waals surface area contributed by atoms with E-state index < -0.39 is 10.0 Å². The Labute approximate surface area is 109 Å². The Morgan fingerprint density at radius 3 is 2.39 bits per heavy atom. The summed E-state index contributed by atoms with van der Waals surface area (Å²) in [5.41, 5.74) is 6.73. The van der Waals surface area contributed by atoms with E-state index in [1.165, 1.54) is 12.1 Å². The summed E-state index contributed by atoms with van der Waals surface area (Å²) in [6, 6.07) is 4.79. The summed E-state index contributed by atoms with van der Waals surface area (Å²) < 4.78 is 22.6. The largest absolute Gasteiger partial charge is 0.399 e. The molecule has 0 saturated heterocycles. The molecule has 18 heavy (non-hydrogen) atoms. The van der Waals surface area contributed by atoms with Crippen LogP contribution in [0, 0.1) is 5.92 Å². The monoisotopic (exact) mass is 271 g/mol. The van der Waals surface area contributed by atoms with Crippen molar-refractivity contribution in [3.8, 4) is 0 Å². The van der Waals surface area contributed by atoms with Crippen LogP contribution in [0.3, 0.4) is 0 Å². The number of nitrogen functional groups attached to an aromatic ring is 1. The van der Waals surface area contributed by atoms with Crippen LogP contribution in [0.15, 0.2) is 23.1 Å². The van der Waals surface area contributed by atoms with Crippen LogP contribution in [0.25, 0.3) is 0 Å². The van der Waals surface area contributed by atoms with Gasteiger partial charge in [0.25, 0.3) is 0 Å². The molecule has 5 N–H and O–H groups in total. The average Bonchev–Trinajstić information content (AvgIpc) is 2.25. The first-order valence-electron chi connectivity index (χ1n) is 5.94. The van der Waals surface area contributed by atoms with Gasteiger partial charge in [-0.25, -0.2) is 13.6 Å². The van der Waals surface area contributed by atoms with Crippen LogP contribution >= 0.6 is 0 Å². The van der Waals surface area contributed by atoms with Gasteiger partial charge in [-0.1, -0.05) is 20.3 Å². The molecule has 1 rings (SSSR count). The second-order valence-electron chi connectivity index (χ2n) is 4.65. The maximum absolute atomic E-state index is 11.3. The minimum absolute atomic E-state index is 0.0290. The Morgan fingerprint density at radius 1 is 1.28 bits per heavy atom. The first-order valence-corrected chi connectivity index (χ1v) is 7.48. The van der Waals surface area contributed by atoms with Gasteiger partial charge in [0.1, 0.15) is 0 Å². The molecular formula is C12H21N3O2S. The predicted octanol–water partition coefficient (Wildman–Crippen LogP) is 1.76. The van der Waals surface area contributed by atoms with Gasteiger partial charge in [0.2, 0.25) is 10.0 Å². The van der Waals surface area contributed by atoms with E-state index in [0.29, 0.717) is 17.3 Å². The maximum atomic E-state index is 11.3. The van der Waals surface area contributed by atoms with Gasteiger partial charge in [0, 0.05) is 17.4 Å². The molecular weight excluding hydrogens is 250 g/mol. The second kappa shape index (κ2) is 5.58. The molecule has 102 valence electrons. The Hall–Kier alpha value is -1.27. The number of sulfonamides is 1. The lowest BCUT2D eigenvalue weighted by molar-refractivity contribution is 0.494. The number of hydrogen-bond donors (Lipinski definition) is 3. The number of anilines is 2.